The van der Waals surface area contributed by atoms with Gasteiger partial charge in [-0.15, -0.1) is 0 Å². The summed E-state index contributed by atoms with van der Waals surface area (Å²) in [6.45, 7) is 0.962. The van der Waals surface area contributed by atoms with Crippen LogP contribution in [0, 0.1) is 0 Å². The third-order valence-corrected chi connectivity index (χ3v) is 6.67. The topological polar surface area (TPSA) is 86.7 Å². The predicted molar refractivity (Wildman–Crippen MR) is 139 cm³/mol. The van der Waals surface area contributed by atoms with Crippen molar-refractivity contribution in [3.05, 3.63) is 77.4 Å². The maximum Gasteiger partial charge on any atom is 0.320 e. The fourth-order valence-electron chi connectivity index (χ4n) is 4.89. The van der Waals surface area contributed by atoms with Gasteiger partial charge in [0.25, 0.3) is 0 Å². The molecule has 0 aromatic heterocycles. The molecule has 2 unspecified atom stereocenters. The summed E-state index contributed by atoms with van der Waals surface area (Å²) in [5.41, 5.74) is 2.63. The van der Waals surface area contributed by atoms with Crippen molar-refractivity contribution in [2.24, 2.45) is 0 Å². The molecule has 3 aromatic rings. The van der Waals surface area contributed by atoms with Gasteiger partial charge in [0.05, 0.1) is 34.5 Å². The quantitative estimate of drug-likeness (QED) is 0.391. The monoisotopic (exact) mass is 507 g/mol. The molecule has 1 aliphatic heterocycles. The third kappa shape index (κ3) is 5.59. The molecule has 2 atom stereocenters. The van der Waals surface area contributed by atoms with Gasteiger partial charge in [-0.2, -0.15) is 0 Å². The minimum absolute atomic E-state index is 0.343. The van der Waals surface area contributed by atoms with Gasteiger partial charge < -0.3 is 28.8 Å². The van der Waals surface area contributed by atoms with Crippen molar-refractivity contribution in [2.75, 3.05) is 35.0 Å². The van der Waals surface area contributed by atoms with E-state index in [2.05, 4.69) is 0 Å². The molecule has 1 aliphatic rings. The van der Waals surface area contributed by atoms with Crippen molar-refractivity contribution in [2.45, 2.75) is 31.5 Å². The number of ether oxygens (including phenoxy) is 5. The number of methoxy groups -OCH3 is 4. The van der Waals surface area contributed by atoms with Crippen LogP contribution in [0.25, 0.3) is 0 Å². The first kappa shape index (κ1) is 26.2. The van der Waals surface area contributed by atoms with Gasteiger partial charge in [-0.1, -0.05) is 30.3 Å². The number of hydrogen-bond donors (Lipinski definition) is 1. The number of hydrogen-bond acceptors (Lipinski definition) is 7. The molecule has 8 nitrogen and oxygen atoms in total. The zero-order valence-corrected chi connectivity index (χ0v) is 21.6. The number of likely N-dealkylation sites (tertiary alicyclic amines) is 1. The zero-order valence-electron chi connectivity index (χ0n) is 21.6. The number of benzene rings is 3. The zero-order chi connectivity index (χ0) is 26.4. The maximum absolute atomic E-state index is 12.2. The lowest BCUT2D eigenvalue weighted by Crippen LogP contribution is -2.39. The number of carboxylic acid groups (broad SMARTS) is 1. The molecule has 4 rings (SSSR count). The van der Waals surface area contributed by atoms with Crippen LogP contribution in [0.4, 0.5) is 0 Å². The van der Waals surface area contributed by atoms with Gasteiger partial charge in [0.15, 0.2) is 11.5 Å². The van der Waals surface area contributed by atoms with Gasteiger partial charge in [0.2, 0.25) is 5.75 Å². The van der Waals surface area contributed by atoms with Crippen LogP contribution >= 0.6 is 0 Å². The molecule has 0 spiro atoms. The van der Waals surface area contributed by atoms with Crippen molar-refractivity contribution >= 4 is 5.97 Å². The summed E-state index contributed by atoms with van der Waals surface area (Å²) >= 11 is 0. The Bertz CT molecular complexity index is 1190. The van der Waals surface area contributed by atoms with Gasteiger partial charge in [0, 0.05) is 18.2 Å². The van der Waals surface area contributed by atoms with E-state index < -0.39 is 18.1 Å². The van der Waals surface area contributed by atoms with Crippen LogP contribution in [0.15, 0.2) is 60.7 Å². The number of carboxylic acids is 1. The summed E-state index contributed by atoms with van der Waals surface area (Å²) in [7, 11) is 6.34. The second-order valence-corrected chi connectivity index (χ2v) is 8.77. The molecular weight excluding hydrogens is 474 g/mol. The molecule has 0 saturated carbocycles. The molecule has 0 amide bonds. The lowest BCUT2D eigenvalue weighted by atomic mass is 9.94. The molecule has 0 radical (unpaired) electrons. The summed E-state index contributed by atoms with van der Waals surface area (Å²) in [6, 6.07) is 18.1. The molecule has 1 N–H and O–H groups in total. The SMILES string of the molecule is COc1ccc(C(c2cc(OC)c(OCc3ccccc3)c(OC)c2)N2CCCC2C(=O)O)c(OC)c1. The Morgan fingerprint density at radius 2 is 1.59 bits per heavy atom. The smallest absolute Gasteiger partial charge is 0.320 e. The molecule has 1 fully saturated rings. The van der Waals surface area contributed by atoms with Crippen molar-refractivity contribution < 1.29 is 33.6 Å². The Hall–Kier alpha value is -3.91. The van der Waals surface area contributed by atoms with Crippen LogP contribution < -0.4 is 23.7 Å². The van der Waals surface area contributed by atoms with Crippen LogP contribution in [0.2, 0.25) is 0 Å². The van der Waals surface area contributed by atoms with E-state index in [1.165, 1.54) is 0 Å². The molecule has 37 heavy (non-hydrogen) atoms. The first-order chi connectivity index (χ1) is 18.0. The highest BCUT2D eigenvalue weighted by molar-refractivity contribution is 5.74. The van der Waals surface area contributed by atoms with Crippen molar-refractivity contribution in [1.29, 1.82) is 0 Å². The lowest BCUT2D eigenvalue weighted by molar-refractivity contribution is -0.142. The van der Waals surface area contributed by atoms with Gasteiger partial charge in [-0.25, -0.2) is 0 Å². The summed E-state index contributed by atoms with van der Waals surface area (Å²) in [6.07, 6.45) is 1.34. The highest BCUT2D eigenvalue weighted by Gasteiger charge is 2.38. The minimum atomic E-state index is -0.850. The van der Waals surface area contributed by atoms with E-state index in [1.807, 2.05) is 59.5 Å². The molecule has 0 bridgehead atoms. The Balaban J connectivity index is 1.82. The lowest BCUT2D eigenvalue weighted by Gasteiger charge is -2.33. The molecular formula is C29H33NO7. The van der Waals surface area contributed by atoms with Gasteiger partial charge >= 0.3 is 5.97 Å². The Kier molecular flexibility index (Phi) is 8.40. The standard InChI is InChI=1S/C29H33NO7/c1-33-21-12-13-22(24(17-21)34-2)27(30-14-8-11-23(30)29(31)32)20-15-25(35-3)28(26(16-20)36-4)37-18-19-9-6-5-7-10-19/h5-7,9-10,12-13,15-17,23,27H,8,11,14,18H2,1-4H3,(H,31,32). The molecule has 196 valence electrons. The van der Waals surface area contributed by atoms with E-state index in [9.17, 15) is 9.90 Å². The van der Waals surface area contributed by atoms with Crippen molar-refractivity contribution in [3.63, 3.8) is 0 Å². The average molecular weight is 508 g/mol. The second kappa shape index (κ2) is 11.9. The van der Waals surface area contributed by atoms with E-state index in [1.54, 1.807) is 34.5 Å². The van der Waals surface area contributed by atoms with E-state index in [4.69, 9.17) is 23.7 Å². The van der Waals surface area contributed by atoms with Crippen LogP contribution in [0.3, 0.4) is 0 Å². The van der Waals surface area contributed by atoms with Gasteiger partial charge in [-0.3, -0.25) is 9.69 Å². The van der Waals surface area contributed by atoms with E-state index in [-0.39, 0.29) is 0 Å². The largest absolute Gasteiger partial charge is 0.497 e. The number of aliphatic carboxylic acids is 1. The summed E-state index contributed by atoms with van der Waals surface area (Å²) in [5, 5.41) is 10.00. The fourth-order valence-corrected chi connectivity index (χ4v) is 4.89. The normalized spacial score (nSPS) is 16.2. The molecule has 1 heterocycles. The summed E-state index contributed by atoms with van der Waals surface area (Å²) < 4.78 is 28.7. The Labute approximate surface area is 217 Å². The molecule has 8 heteroatoms. The van der Waals surface area contributed by atoms with Crippen molar-refractivity contribution in [1.82, 2.24) is 4.90 Å². The molecule has 0 aliphatic carbocycles. The van der Waals surface area contributed by atoms with E-state index >= 15 is 0 Å². The van der Waals surface area contributed by atoms with Gasteiger partial charge in [0.1, 0.15) is 24.1 Å². The molecule has 1 saturated heterocycles. The average Bonchev–Trinajstić information content (AvgIpc) is 3.42. The van der Waals surface area contributed by atoms with E-state index in [0.717, 1.165) is 23.1 Å². The van der Waals surface area contributed by atoms with Crippen LogP contribution in [0.1, 0.15) is 35.6 Å². The fraction of sp³-hybridized carbons (Fsp3) is 0.345. The number of carbonyl (C=O) groups is 1. The summed E-state index contributed by atoms with van der Waals surface area (Å²) in [4.78, 5) is 14.2. The number of nitrogens with zero attached hydrogens (tertiary/aromatic N) is 1. The van der Waals surface area contributed by atoms with Crippen LogP contribution in [-0.4, -0.2) is 57.0 Å². The van der Waals surface area contributed by atoms with Crippen molar-refractivity contribution in [3.8, 4) is 28.7 Å². The Morgan fingerprint density at radius 1 is 0.919 bits per heavy atom. The summed E-state index contributed by atoms with van der Waals surface area (Å²) in [5.74, 6) is 1.87. The number of rotatable bonds is 11. The first-order valence-corrected chi connectivity index (χ1v) is 12.1. The van der Waals surface area contributed by atoms with Crippen LogP contribution in [-0.2, 0) is 11.4 Å². The Morgan fingerprint density at radius 3 is 2.19 bits per heavy atom. The third-order valence-electron chi connectivity index (χ3n) is 6.67. The second-order valence-electron chi connectivity index (χ2n) is 8.77. The van der Waals surface area contributed by atoms with E-state index in [0.29, 0.717) is 48.3 Å². The predicted octanol–water partition coefficient (Wildman–Crippen LogP) is 4.94. The highest BCUT2D eigenvalue weighted by Crippen LogP contribution is 2.46. The molecule has 3 aromatic carbocycles. The van der Waals surface area contributed by atoms with Gasteiger partial charge in [-0.05, 0) is 48.2 Å². The maximum atomic E-state index is 12.2. The highest BCUT2D eigenvalue weighted by atomic mass is 16.5. The van der Waals surface area contributed by atoms with Crippen LogP contribution in [0.5, 0.6) is 28.7 Å². The minimum Gasteiger partial charge on any atom is -0.497 e. The first-order valence-electron chi connectivity index (χ1n) is 12.1.